The number of guanidine groups is 1. The monoisotopic (exact) mass is 293 g/mol. The second kappa shape index (κ2) is 6.89. The molecule has 1 aromatic carbocycles. The number of aryl methyl sites for hydroxylation is 1. The van der Waals surface area contributed by atoms with Crippen LogP contribution < -0.4 is 10.6 Å². The molecule has 0 spiro atoms. The minimum Gasteiger partial charge on any atom is -0.380 e. The lowest BCUT2D eigenvalue weighted by molar-refractivity contribution is -0.0971. The van der Waals surface area contributed by atoms with Crippen LogP contribution in [0.5, 0.6) is 0 Å². The largest absolute Gasteiger partial charge is 0.380 e. The summed E-state index contributed by atoms with van der Waals surface area (Å²) in [5, 5.41) is 6.53. The number of nitrogens with zero attached hydrogens (tertiary/aromatic N) is 1. The molecule has 1 saturated heterocycles. The van der Waals surface area contributed by atoms with Gasteiger partial charge in [-0.15, -0.1) is 0 Å². The lowest BCUT2D eigenvalue weighted by Gasteiger charge is -2.38. The Bertz CT molecular complexity index is 512. The summed E-state index contributed by atoms with van der Waals surface area (Å²) in [5.41, 5.74) is 1.71. The number of hydrogen-bond acceptors (Lipinski definition) is 2. The van der Waals surface area contributed by atoms with E-state index in [0.29, 0.717) is 12.1 Å². The minimum atomic E-state index is -0.181. The first-order valence-corrected chi connectivity index (χ1v) is 7.37. The molecule has 1 fully saturated rings. The van der Waals surface area contributed by atoms with Gasteiger partial charge in [0.25, 0.3) is 0 Å². The van der Waals surface area contributed by atoms with Crippen molar-refractivity contribution in [3.8, 4) is 0 Å². The number of ether oxygens (including phenoxy) is 1. The van der Waals surface area contributed by atoms with E-state index in [2.05, 4.69) is 22.5 Å². The van der Waals surface area contributed by atoms with Crippen molar-refractivity contribution in [2.75, 3.05) is 26.3 Å². The van der Waals surface area contributed by atoms with Crippen molar-refractivity contribution >= 4 is 5.96 Å². The van der Waals surface area contributed by atoms with Crippen molar-refractivity contribution in [2.24, 2.45) is 10.4 Å². The van der Waals surface area contributed by atoms with Crippen LogP contribution in [0.4, 0.5) is 4.39 Å². The zero-order valence-corrected chi connectivity index (χ0v) is 13.0. The molecule has 1 heterocycles. The second-order valence-corrected chi connectivity index (χ2v) is 5.94. The number of nitrogens with one attached hydrogen (secondary N) is 2. The van der Waals surface area contributed by atoms with Gasteiger partial charge in [-0.25, -0.2) is 9.38 Å². The summed E-state index contributed by atoms with van der Waals surface area (Å²) in [4.78, 5) is 4.50. The molecule has 1 aromatic rings. The van der Waals surface area contributed by atoms with Crippen molar-refractivity contribution in [2.45, 2.75) is 27.3 Å². The fraction of sp³-hybridized carbons (Fsp3) is 0.562. The Morgan fingerprint density at radius 1 is 1.38 bits per heavy atom. The molecule has 2 N–H and O–H groups in total. The highest BCUT2D eigenvalue weighted by molar-refractivity contribution is 5.79. The van der Waals surface area contributed by atoms with Crippen molar-refractivity contribution in [3.05, 3.63) is 35.1 Å². The van der Waals surface area contributed by atoms with E-state index in [4.69, 9.17) is 4.74 Å². The van der Waals surface area contributed by atoms with Gasteiger partial charge in [0.15, 0.2) is 5.96 Å². The summed E-state index contributed by atoms with van der Waals surface area (Å²) in [6.07, 6.45) is 0. The van der Waals surface area contributed by atoms with Gasteiger partial charge in [0.1, 0.15) is 5.82 Å². The average molecular weight is 293 g/mol. The normalized spacial score (nSPS) is 17.2. The van der Waals surface area contributed by atoms with Crippen LogP contribution in [0.15, 0.2) is 23.2 Å². The zero-order chi connectivity index (χ0) is 15.3. The Balaban J connectivity index is 1.94. The highest BCUT2D eigenvalue weighted by atomic mass is 19.1. The van der Waals surface area contributed by atoms with Gasteiger partial charge in [0, 0.05) is 18.5 Å². The number of aliphatic imine (C=N–C) groups is 1. The molecule has 0 aromatic heterocycles. The smallest absolute Gasteiger partial charge is 0.191 e. The fourth-order valence-corrected chi connectivity index (χ4v) is 2.10. The molecule has 4 nitrogen and oxygen atoms in total. The van der Waals surface area contributed by atoms with Crippen LogP contribution in [0.25, 0.3) is 0 Å². The lowest BCUT2D eigenvalue weighted by atomic mass is 9.89. The van der Waals surface area contributed by atoms with E-state index >= 15 is 0 Å². The molecule has 0 aliphatic carbocycles. The van der Waals surface area contributed by atoms with Gasteiger partial charge in [-0.2, -0.15) is 0 Å². The Kier molecular flexibility index (Phi) is 5.17. The van der Waals surface area contributed by atoms with Gasteiger partial charge >= 0.3 is 0 Å². The van der Waals surface area contributed by atoms with Crippen LogP contribution in [-0.2, 0) is 11.3 Å². The molecule has 5 heteroatoms. The van der Waals surface area contributed by atoms with Gasteiger partial charge in [0.2, 0.25) is 0 Å². The van der Waals surface area contributed by atoms with Crippen molar-refractivity contribution in [3.63, 3.8) is 0 Å². The Hall–Kier alpha value is -1.62. The van der Waals surface area contributed by atoms with Crippen LogP contribution in [-0.4, -0.2) is 32.3 Å². The molecule has 1 aliphatic rings. The summed E-state index contributed by atoms with van der Waals surface area (Å²) < 4.78 is 18.8. The zero-order valence-electron chi connectivity index (χ0n) is 13.0. The van der Waals surface area contributed by atoms with E-state index in [1.165, 1.54) is 0 Å². The SMILES string of the molecule is CCNC(=NCc1ccc(C)c(F)c1)NCC1(C)COC1. The van der Waals surface area contributed by atoms with Crippen LogP contribution in [0.1, 0.15) is 25.0 Å². The third kappa shape index (κ3) is 4.43. The van der Waals surface area contributed by atoms with E-state index in [1.54, 1.807) is 19.1 Å². The van der Waals surface area contributed by atoms with Crippen LogP contribution >= 0.6 is 0 Å². The number of hydrogen-bond donors (Lipinski definition) is 2. The maximum Gasteiger partial charge on any atom is 0.191 e. The van der Waals surface area contributed by atoms with E-state index in [0.717, 1.165) is 37.8 Å². The van der Waals surface area contributed by atoms with Gasteiger partial charge in [-0.05, 0) is 31.0 Å². The highest BCUT2D eigenvalue weighted by Gasteiger charge is 2.33. The number of rotatable bonds is 5. The minimum absolute atomic E-state index is 0.181. The molecule has 0 radical (unpaired) electrons. The quantitative estimate of drug-likeness (QED) is 0.646. The molecule has 0 amide bonds. The molecular weight excluding hydrogens is 269 g/mol. The molecule has 1 aliphatic heterocycles. The van der Waals surface area contributed by atoms with E-state index in [9.17, 15) is 4.39 Å². The standard InChI is InChI=1S/C16H24FN3O/c1-4-18-15(20-9-16(3)10-21-11-16)19-8-13-6-5-12(2)14(17)7-13/h5-7H,4,8-11H2,1-3H3,(H2,18,19,20). The van der Waals surface area contributed by atoms with Crippen molar-refractivity contribution in [1.82, 2.24) is 10.6 Å². The number of benzene rings is 1. The van der Waals surface area contributed by atoms with Crippen molar-refractivity contribution in [1.29, 1.82) is 0 Å². The summed E-state index contributed by atoms with van der Waals surface area (Å²) >= 11 is 0. The maximum absolute atomic E-state index is 13.5. The summed E-state index contributed by atoms with van der Waals surface area (Å²) in [6, 6.07) is 5.24. The van der Waals surface area contributed by atoms with Gasteiger partial charge in [0.05, 0.1) is 19.8 Å². The first-order valence-electron chi connectivity index (χ1n) is 7.37. The molecular formula is C16H24FN3O. The predicted molar refractivity (Wildman–Crippen MR) is 82.9 cm³/mol. The topological polar surface area (TPSA) is 45.7 Å². The molecule has 0 unspecified atom stereocenters. The van der Waals surface area contributed by atoms with E-state index in [-0.39, 0.29) is 11.2 Å². The highest BCUT2D eigenvalue weighted by Crippen LogP contribution is 2.24. The first-order chi connectivity index (χ1) is 10.0. The first kappa shape index (κ1) is 15.8. The fourth-order valence-electron chi connectivity index (χ4n) is 2.10. The van der Waals surface area contributed by atoms with E-state index in [1.807, 2.05) is 13.0 Å². The molecule has 0 saturated carbocycles. The lowest BCUT2D eigenvalue weighted by Crippen LogP contribution is -2.51. The Morgan fingerprint density at radius 3 is 2.71 bits per heavy atom. The Morgan fingerprint density at radius 2 is 2.14 bits per heavy atom. The molecule has 0 atom stereocenters. The summed E-state index contributed by atoms with van der Waals surface area (Å²) in [6.45, 7) is 9.60. The van der Waals surface area contributed by atoms with Crippen LogP contribution in [0.2, 0.25) is 0 Å². The summed E-state index contributed by atoms with van der Waals surface area (Å²) in [7, 11) is 0. The third-order valence-electron chi connectivity index (χ3n) is 3.58. The predicted octanol–water partition coefficient (Wildman–Crippen LogP) is 2.23. The molecule has 116 valence electrons. The number of halogens is 1. The van der Waals surface area contributed by atoms with Gasteiger partial charge in [-0.3, -0.25) is 0 Å². The van der Waals surface area contributed by atoms with Gasteiger partial charge < -0.3 is 15.4 Å². The van der Waals surface area contributed by atoms with E-state index < -0.39 is 0 Å². The maximum atomic E-state index is 13.5. The van der Waals surface area contributed by atoms with Crippen LogP contribution in [0.3, 0.4) is 0 Å². The molecule has 2 rings (SSSR count). The summed E-state index contributed by atoms with van der Waals surface area (Å²) in [5.74, 6) is 0.575. The second-order valence-electron chi connectivity index (χ2n) is 5.94. The Labute approximate surface area is 125 Å². The van der Waals surface area contributed by atoms with Crippen LogP contribution in [0, 0.1) is 18.2 Å². The third-order valence-corrected chi connectivity index (χ3v) is 3.58. The van der Waals surface area contributed by atoms with Crippen molar-refractivity contribution < 1.29 is 9.13 Å². The van der Waals surface area contributed by atoms with Gasteiger partial charge in [-0.1, -0.05) is 19.1 Å². The molecule has 21 heavy (non-hydrogen) atoms. The average Bonchev–Trinajstić information content (AvgIpc) is 2.43. The molecule has 0 bridgehead atoms.